The summed E-state index contributed by atoms with van der Waals surface area (Å²) in [5, 5.41) is 12.2. The molecule has 0 aromatic carbocycles. The van der Waals surface area contributed by atoms with Crippen molar-refractivity contribution in [2.45, 2.75) is 12.5 Å². The van der Waals surface area contributed by atoms with Crippen LogP contribution in [0.3, 0.4) is 0 Å². The lowest BCUT2D eigenvalue weighted by molar-refractivity contribution is -0.144. The number of thioether (sulfide) groups is 1. The van der Waals surface area contributed by atoms with Gasteiger partial charge in [-0.2, -0.15) is 11.8 Å². The van der Waals surface area contributed by atoms with E-state index in [4.69, 9.17) is 5.11 Å². The van der Waals surface area contributed by atoms with E-state index in [0.717, 1.165) is 19.6 Å². The highest BCUT2D eigenvalue weighted by Crippen LogP contribution is 2.24. The lowest BCUT2D eigenvalue weighted by Gasteiger charge is -2.34. The van der Waals surface area contributed by atoms with Crippen LogP contribution >= 0.6 is 11.8 Å². The topological polar surface area (TPSA) is 52.6 Å². The van der Waals surface area contributed by atoms with Crippen molar-refractivity contribution in [2.24, 2.45) is 5.92 Å². The van der Waals surface area contributed by atoms with E-state index < -0.39 is 5.97 Å². The van der Waals surface area contributed by atoms with Crippen LogP contribution in [-0.4, -0.2) is 59.7 Å². The third-order valence-electron chi connectivity index (χ3n) is 3.16. The lowest BCUT2D eigenvalue weighted by atomic mass is 10.1. The van der Waals surface area contributed by atoms with Crippen LogP contribution in [0.5, 0.6) is 0 Å². The van der Waals surface area contributed by atoms with Gasteiger partial charge in [0.25, 0.3) is 0 Å². The summed E-state index contributed by atoms with van der Waals surface area (Å²) in [5.74, 6) is 2.47. The summed E-state index contributed by atoms with van der Waals surface area (Å²) in [4.78, 5) is 13.2. The third kappa shape index (κ3) is 2.86. The Balaban J connectivity index is 1.89. The van der Waals surface area contributed by atoms with Gasteiger partial charge in [-0.05, 0) is 23.8 Å². The fourth-order valence-corrected chi connectivity index (χ4v) is 3.54. The van der Waals surface area contributed by atoms with Crippen LogP contribution < -0.4 is 5.32 Å². The van der Waals surface area contributed by atoms with E-state index in [2.05, 4.69) is 10.2 Å². The average Bonchev–Trinajstić information content (AvgIpc) is 2.71. The van der Waals surface area contributed by atoms with Crippen molar-refractivity contribution in [3.05, 3.63) is 0 Å². The van der Waals surface area contributed by atoms with Gasteiger partial charge in [0.15, 0.2) is 0 Å². The first-order valence-electron chi connectivity index (χ1n) is 5.52. The number of hydrogen-bond acceptors (Lipinski definition) is 4. The van der Waals surface area contributed by atoms with Crippen LogP contribution in [0.15, 0.2) is 0 Å². The monoisotopic (exact) mass is 230 g/mol. The molecule has 0 saturated carbocycles. The normalized spacial score (nSPS) is 33.1. The van der Waals surface area contributed by atoms with Gasteiger partial charge in [-0.3, -0.25) is 9.69 Å². The maximum Gasteiger partial charge on any atom is 0.322 e. The van der Waals surface area contributed by atoms with Gasteiger partial charge in [-0.1, -0.05) is 0 Å². The molecule has 0 aliphatic carbocycles. The van der Waals surface area contributed by atoms with Gasteiger partial charge < -0.3 is 10.4 Å². The van der Waals surface area contributed by atoms with Crippen LogP contribution in [0.2, 0.25) is 0 Å². The van der Waals surface area contributed by atoms with Crippen LogP contribution in [0.4, 0.5) is 0 Å². The molecule has 15 heavy (non-hydrogen) atoms. The highest BCUT2D eigenvalue weighted by Gasteiger charge is 2.30. The number of carboxylic acids is 1. The van der Waals surface area contributed by atoms with Crippen molar-refractivity contribution >= 4 is 17.7 Å². The molecule has 0 amide bonds. The van der Waals surface area contributed by atoms with Crippen molar-refractivity contribution in [2.75, 3.05) is 37.7 Å². The highest BCUT2D eigenvalue weighted by molar-refractivity contribution is 7.99. The van der Waals surface area contributed by atoms with Crippen LogP contribution in [-0.2, 0) is 4.79 Å². The Morgan fingerprint density at radius 1 is 1.60 bits per heavy atom. The Labute approximate surface area is 94.4 Å². The minimum atomic E-state index is -0.687. The zero-order valence-corrected chi connectivity index (χ0v) is 9.63. The number of rotatable bonds is 3. The van der Waals surface area contributed by atoms with E-state index in [1.165, 1.54) is 17.9 Å². The SMILES string of the molecule is O=C(O)C1CNCCN1CC1CCSC1. The maximum absolute atomic E-state index is 11.1. The largest absolute Gasteiger partial charge is 0.480 e. The predicted molar refractivity (Wildman–Crippen MR) is 61.3 cm³/mol. The fraction of sp³-hybridized carbons (Fsp3) is 0.900. The maximum atomic E-state index is 11.1. The standard InChI is InChI=1S/C10H18N2O2S/c13-10(14)9-5-11-2-3-12(9)6-8-1-4-15-7-8/h8-9,11H,1-7H2,(H,13,14). The molecule has 2 saturated heterocycles. The molecule has 0 bridgehead atoms. The molecule has 0 aromatic heterocycles. The van der Waals surface area contributed by atoms with Crippen LogP contribution in [0.1, 0.15) is 6.42 Å². The van der Waals surface area contributed by atoms with Crippen molar-refractivity contribution in [1.82, 2.24) is 10.2 Å². The van der Waals surface area contributed by atoms with E-state index in [1.54, 1.807) is 0 Å². The minimum Gasteiger partial charge on any atom is -0.480 e. The average molecular weight is 230 g/mol. The summed E-state index contributed by atoms with van der Waals surface area (Å²) in [6.07, 6.45) is 1.25. The van der Waals surface area contributed by atoms with E-state index >= 15 is 0 Å². The number of hydrogen-bond donors (Lipinski definition) is 2. The quantitative estimate of drug-likeness (QED) is 0.720. The molecular weight excluding hydrogens is 212 g/mol. The summed E-state index contributed by atoms with van der Waals surface area (Å²) in [6, 6.07) is -0.315. The molecule has 2 unspecified atom stereocenters. The molecule has 2 heterocycles. The number of nitrogens with zero attached hydrogens (tertiary/aromatic N) is 1. The molecule has 0 radical (unpaired) electrons. The molecular formula is C10H18N2O2S. The smallest absolute Gasteiger partial charge is 0.322 e. The molecule has 2 aliphatic rings. The van der Waals surface area contributed by atoms with E-state index in [9.17, 15) is 4.79 Å². The second kappa shape index (κ2) is 5.18. The summed E-state index contributed by atoms with van der Waals surface area (Å²) in [5.41, 5.74) is 0. The number of carbonyl (C=O) groups is 1. The van der Waals surface area contributed by atoms with Crippen LogP contribution in [0, 0.1) is 5.92 Å². The molecule has 5 heteroatoms. The van der Waals surface area contributed by atoms with Gasteiger partial charge in [-0.25, -0.2) is 0 Å². The van der Waals surface area contributed by atoms with Gasteiger partial charge in [0.2, 0.25) is 0 Å². The van der Waals surface area contributed by atoms with Gasteiger partial charge in [0.05, 0.1) is 0 Å². The van der Waals surface area contributed by atoms with Gasteiger partial charge in [-0.15, -0.1) is 0 Å². The predicted octanol–water partition coefficient (Wildman–Crippen LogP) is 0.0979. The summed E-state index contributed by atoms with van der Waals surface area (Å²) >= 11 is 1.99. The van der Waals surface area contributed by atoms with Crippen LogP contribution in [0.25, 0.3) is 0 Å². The van der Waals surface area contributed by atoms with Gasteiger partial charge in [0.1, 0.15) is 6.04 Å². The highest BCUT2D eigenvalue weighted by atomic mass is 32.2. The summed E-state index contributed by atoms with van der Waals surface area (Å²) in [6.45, 7) is 3.35. The van der Waals surface area contributed by atoms with Gasteiger partial charge >= 0.3 is 5.97 Å². The summed E-state index contributed by atoms with van der Waals surface area (Å²) < 4.78 is 0. The zero-order chi connectivity index (χ0) is 10.7. The van der Waals surface area contributed by atoms with Crippen molar-refractivity contribution in [3.8, 4) is 0 Å². The molecule has 2 N–H and O–H groups in total. The second-order valence-corrected chi connectivity index (χ2v) is 5.43. The van der Waals surface area contributed by atoms with E-state index in [1.807, 2.05) is 11.8 Å². The second-order valence-electron chi connectivity index (χ2n) is 4.28. The first-order chi connectivity index (χ1) is 7.27. The fourth-order valence-electron chi connectivity index (χ4n) is 2.27. The molecule has 2 atom stereocenters. The van der Waals surface area contributed by atoms with E-state index in [-0.39, 0.29) is 6.04 Å². The van der Waals surface area contributed by atoms with E-state index in [0.29, 0.717) is 12.5 Å². The zero-order valence-electron chi connectivity index (χ0n) is 8.82. The Hall–Kier alpha value is -0.260. The lowest BCUT2D eigenvalue weighted by Crippen LogP contribution is -2.56. The summed E-state index contributed by atoms with van der Waals surface area (Å²) in [7, 11) is 0. The molecule has 2 aliphatic heterocycles. The Morgan fingerprint density at radius 3 is 3.13 bits per heavy atom. The number of nitrogens with one attached hydrogen (secondary N) is 1. The van der Waals surface area contributed by atoms with Crippen molar-refractivity contribution in [3.63, 3.8) is 0 Å². The molecule has 86 valence electrons. The first-order valence-corrected chi connectivity index (χ1v) is 6.68. The minimum absolute atomic E-state index is 0.315. The number of carboxylic acid groups (broad SMARTS) is 1. The number of piperazine rings is 1. The Kier molecular flexibility index (Phi) is 3.88. The first kappa shape index (κ1) is 11.2. The molecule has 2 rings (SSSR count). The Morgan fingerprint density at radius 2 is 2.47 bits per heavy atom. The molecule has 4 nitrogen and oxygen atoms in total. The molecule has 0 aromatic rings. The molecule has 2 fully saturated rings. The van der Waals surface area contributed by atoms with Crippen molar-refractivity contribution < 1.29 is 9.90 Å². The van der Waals surface area contributed by atoms with Gasteiger partial charge in [0, 0.05) is 26.2 Å². The third-order valence-corrected chi connectivity index (χ3v) is 4.39. The number of aliphatic carboxylic acids is 1. The molecule has 0 spiro atoms. The van der Waals surface area contributed by atoms with Crippen molar-refractivity contribution in [1.29, 1.82) is 0 Å². The Bertz CT molecular complexity index is 231.